The third-order valence-corrected chi connectivity index (χ3v) is 3.86. The maximum Gasteiger partial charge on any atom is 0.137 e. The molecule has 0 amide bonds. The largest absolute Gasteiger partial charge is 0.206 e. The second-order valence-electron chi connectivity index (χ2n) is 5.17. The Bertz CT molecular complexity index is 357. The van der Waals surface area contributed by atoms with Gasteiger partial charge in [-0.05, 0) is 51.4 Å². The molecule has 0 radical (unpaired) electrons. The molecule has 1 atom stereocenters. The van der Waals surface area contributed by atoms with Gasteiger partial charge in [0.15, 0.2) is 0 Å². The lowest BCUT2D eigenvalue weighted by atomic mass is 9.78. The van der Waals surface area contributed by atoms with E-state index in [2.05, 4.69) is 36.7 Å². The van der Waals surface area contributed by atoms with E-state index in [-0.39, 0.29) is 11.2 Å². The van der Waals surface area contributed by atoms with Crippen LogP contribution in [0.2, 0.25) is 0 Å². The molecule has 0 nitrogen and oxygen atoms in total. The summed E-state index contributed by atoms with van der Waals surface area (Å²) in [7, 11) is 0. The van der Waals surface area contributed by atoms with Crippen LogP contribution in [0.15, 0.2) is 22.7 Å². The van der Waals surface area contributed by atoms with E-state index in [4.69, 9.17) is 11.6 Å². The van der Waals surface area contributed by atoms with E-state index in [9.17, 15) is 4.39 Å². The predicted molar refractivity (Wildman–Crippen MR) is 71.5 cm³/mol. The van der Waals surface area contributed by atoms with Crippen molar-refractivity contribution in [2.24, 2.45) is 11.3 Å². The molecule has 16 heavy (non-hydrogen) atoms. The van der Waals surface area contributed by atoms with Gasteiger partial charge in [-0.3, -0.25) is 0 Å². The third-order valence-electron chi connectivity index (χ3n) is 2.88. The molecule has 0 aliphatic carbocycles. The molecular formula is C13H17BrClF. The van der Waals surface area contributed by atoms with Gasteiger partial charge in [0.25, 0.3) is 0 Å². The number of hydrogen-bond donors (Lipinski definition) is 0. The summed E-state index contributed by atoms with van der Waals surface area (Å²) in [5.41, 5.74) is 1.29. The van der Waals surface area contributed by atoms with Crippen molar-refractivity contribution in [1.82, 2.24) is 0 Å². The normalized spacial score (nSPS) is 13.9. The highest BCUT2D eigenvalue weighted by atomic mass is 79.9. The minimum absolute atomic E-state index is 0.169. The predicted octanol–water partition coefficient (Wildman–Crippen LogP) is 5.03. The molecule has 0 fully saturated rings. The Balaban J connectivity index is 2.83. The second kappa shape index (κ2) is 5.50. The summed E-state index contributed by atoms with van der Waals surface area (Å²) >= 11 is 9.19. The first-order valence-electron chi connectivity index (χ1n) is 5.34. The summed E-state index contributed by atoms with van der Waals surface area (Å²) in [5.74, 6) is 0.798. The Morgan fingerprint density at radius 1 is 1.38 bits per heavy atom. The van der Waals surface area contributed by atoms with Crippen LogP contribution in [-0.2, 0) is 6.42 Å². The van der Waals surface area contributed by atoms with E-state index >= 15 is 0 Å². The zero-order valence-corrected chi connectivity index (χ0v) is 12.2. The lowest BCUT2D eigenvalue weighted by Gasteiger charge is -2.29. The van der Waals surface area contributed by atoms with Crippen LogP contribution in [0.25, 0.3) is 0 Å². The molecule has 0 saturated carbocycles. The topological polar surface area (TPSA) is 0 Å². The molecular weight excluding hydrogens is 290 g/mol. The van der Waals surface area contributed by atoms with E-state index in [0.717, 1.165) is 12.0 Å². The van der Waals surface area contributed by atoms with Gasteiger partial charge >= 0.3 is 0 Å². The molecule has 90 valence electrons. The highest BCUT2D eigenvalue weighted by Crippen LogP contribution is 2.31. The van der Waals surface area contributed by atoms with Gasteiger partial charge in [0.05, 0.1) is 4.47 Å². The van der Waals surface area contributed by atoms with Crippen molar-refractivity contribution in [1.29, 1.82) is 0 Å². The van der Waals surface area contributed by atoms with Crippen LogP contribution in [-0.4, -0.2) is 5.88 Å². The van der Waals surface area contributed by atoms with Crippen LogP contribution in [0.3, 0.4) is 0 Å². The molecule has 0 aliphatic rings. The first-order chi connectivity index (χ1) is 7.34. The Hall–Kier alpha value is -0.0800. The minimum Gasteiger partial charge on any atom is -0.206 e. The first-order valence-corrected chi connectivity index (χ1v) is 6.67. The van der Waals surface area contributed by atoms with Gasteiger partial charge in [-0.2, -0.15) is 0 Å². The van der Waals surface area contributed by atoms with Gasteiger partial charge in [0, 0.05) is 5.88 Å². The second-order valence-corrected chi connectivity index (χ2v) is 6.33. The quantitative estimate of drug-likeness (QED) is 0.687. The van der Waals surface area contributed by atoms with Crippen molar-refractivity contribution in [2.75, 3.05) is 5.88 Å². The number of halogens is 3. The Kier molecular flexibility index (Phi) is 4.81. The summed E-state index contributed by atoms with van der Waals surface area (Å²) in [4.78, 5) is 0. The van der Waals surface area contributed by atoms with Crippen molar-refractivity contribution in [3.63, 3.8) is 0 Å². The fourth-order valence-electron chi connectivity index (χ4n) is 1.54. The van der Waals surface area contributed by atoms with E-state index in [1.165, 1.54) is 6.07 Å². The van der Waals surface area contributed by atoms with Gasteiger partial charge in [0.1, 0.15) is 5.82 Å². The van der Waals surface area contributed by atoms with Gasteiger partial charge in [0.2, 0.25) is 0 Å². The maximum absolute atomic E-state index is 13.1. The van der Waals surface area contributed by atoms with Crippen LogP contribution in [0.4, 0.5) is 4.39 Å². The third kappa shape index (κ3) is 3.74. The average molecular weight is 308 g/mol. The molecule has 0 aliphatic heterocycles. The molecule has 0 saturated heterocycles. The van der Waals surface area contributed by atoms with E-state index in [0.29, 0.717) is 16.3 Å². The number of alkyl halides is 1. The van der Waals surface area contributed by atoms with Crippen molar-refractivity contribution in [3.05, 3.63) is 34.1 Å². The van der Waals surface area contributed by atoms with Gasteiger partial charge < -0.3 is 0 Å². The molecule has 1 unspecified atom stereocenters. The van der Waals surface area contributed by atoms with Gasteiger partial charge in [-0.15, -0.1) is 11.6 Å². The molecule has 1 aromatic carbocycles. The Morgan fingerprint density at radius 2 is 2.00 bits per heavy atom. The van der Waals surface area contributed by atoms with Crippen molar-refractivity contribution >= 4 is 27.5 Å². The van der Waals surface area contributed by atoms with Crippen molar-refractivity contribution in [3.8, 4) is 0 Å². The molecule has 0 bridgehead atoms. The fourth-order valence-corrected chi connectivity index (χ4v) is 2.54. The monoisotopic (exact) mass is 306 g/mol. The SMILES string of the molecule is CC(C)(C)C(CCl)Cc1ccc(F)c(Br)c1. The van der Waals surface area contributed by atoms with Gasteiger partial charge in [-0.25, -0.2) is 4.39 Å². The Morgan fingerprint density at radius 3 is 2.44 bits per heavy atom. The Labute approximate surface area is 110 Å². The molecule has 1 rings (SSSR count). The van der Waals surface area contributed by atoms with Crippen molar-refractivity contribution in [2.45, 2.75) is 27.2 Å². The number of benzene rings is 1. The zero-order chi connectivity index (χ0) is 12.3. The van der Waals surface area contributed by atoms with Crippen LogP contribution in [0, 0.1) is 17.2 Å². The summed E-state index contributed by atoms with van der Waals surface area (Å²) in [6.07, 6.45) is 0.881. The summed E-state index contributed by atoms with van der Waals surface area (Å²) < 4.78 is 13.6. The molecule has 0 heterocycles. The minimum atomic E-state index is -0.220. The van der Waals surface area contributed by atoms with Gasteiger partial charge in [-0.1, -0.05) is 26.8 Å². The molecule has 0 aromatic heterocycles. The molecule has 0 spiro atoms. The number of hydrogen-bond acceptors (Lipinski definition) is 0. The number of rotatable bonds is 3. The van der Waals surface area contributed by atoms with Crippen LogP contribution < -0.4 is 0 Å². The molecule has 1 aromatic rings. The summed E-state index contributed by atoms with van der Waals surface area (Å²) in [5, 5.41) is 0. The van der Waals surface area contributed by atoms with Crippen LogP contribution >= 0.6 is 27.5 Å². The standard InChI is InChI=1S/C13H17BrClF/c1-13(2,3)10(8-15)6-9-4-5-12(16)11(14)7-9/h4-5,7,10H,6,8H2,1-3H3. The maximum atomic E-state index is 13.1. The summed E-state index contributed by atoms with van der Waals surface area (Å²) in [6.45, 7) is 6.54. The van der Waals surface area contributed by atoms with E-state index in [1.807, 2.05) is 12.1 Å². The van der Waals surface area contributed by atoms with Crippen LogP contribution in [0.1, 0.15) is 26.3 Å². The zero-order valence-electron chi connectivity index (χ0n) is 9.86. The highest BCUT2D eigenvalue weighted by Gasteiger charge is 2.24. The van der Waals surface area contributed by atoms with Crippen LogP contribution in [0.5, 0.6) is 0 Å². The first kappa shape index (κ1) is 14.0. The lowest BCUT2D eigenvalue weighted by molar-refractivity contribution is 0.264. The summed E-state index contributed by atoms with van der Waals surface area (Å²) in [6, 6.07) is 5.15. The highest BCUT2D eigenvalue weighted by molar-refractivity contribution is 9.10. The van der Waals surface area contributed by atoms with Crippen molar-refractivity contribution < 1.29 is 4.39 Å². The fraction of sp³-hybridized carbons (Fsp3) is 0.538. The van der Waals surface area contributed by atoms with E-state index in [1.54, 1.807) is 0 Å². The molecule has 0 N–H and O–H groups in total. The molecule has 3 heteroatoms. The average Bonchev–Trinajstić information content (AvgIpc) is 2.18. The lowest BCUT2D eigenvalue weighted by Crippen LogP contribution is -2.24. The smallest absolute Gasteiger partial charge is 0.137 e. The van der Waals surface area contributed by atoms with E-state index < -0.39 is 0 Å².